The molecule has 0 spiro atoms. The Hall–Kier alpha value is -3.52. The highest BCUT2D eigenvalue weighted by atomic mass is 32.1. The average molecular weight is 494 g/mol. The largest absolute Gasteiger partial charge is 0.497 e. The van der Waals surface area contributed by atoms with Crippen LogP contribution in [0.2, 0.25) is 0 Å². The molecule has 0 bridgehead atoms. The van der Waals surface area contributed by atoms with Crippen LogP contribution in [0.4, 0.5) is 10.5 Å². The summed E-state index contributed by atoms with van der Waals surface area (Å²) in [4.78, 5) is 31.3. The summed E-state index contributed by atoms with van der Waals surface area (Å²) in [6.07, 6.45) is 2.15. The van der Waals surface area contributed by atoms with Gasteiger partial charge in [-0.1, -0.05) is 36.4 Å². The van der Waals surface area contributed by atoms with Crippen molar-refractivity contribution in [3.8, 4) is 11.5 Å². The lowest BCUT2D eigenvalue weighted by Crippen LogP contribution is -2.45. The van der Waals surface area contributed by atoms with E-state index < -0.39 is 0 Å². The second-order valence-corrected chi connectivity index (χ2v) is 9.70. The van der Waals surface area contributed by atoms with E-state index in [9.17, 15) is 9.59 Å². The first-order chi connectivity index (χ1) is 17.0. The average Bonchev–Trinajstić information content (AvgIpc) is 3.55. The monoisotopic (exact) mass is 493 g/mol. The number of rotatable bonds is 11. The minimum absolute atomic E-state index is 0.0155. The Bertz CT molecular complexity index is 1090. The molecular weight excluding hydrogens is 462 g/mol. The van der Waals surface area contributed by atoms with E-state index in [4.69, 9.17) is 9.47 Å². The van der Waals surface area contributed by atoms with Gasteiger partial charge in [-0.15, -0.1) is 11.3 Å². The van der Waals surface area contributed by atoms with Crippen molar-refractivity contribution in [3.63, 3.8) is 0 Å². The van der Waals surface area contributed by atoms with Gasteiger partial charge < -0.3 is 24.6 Å². The number of urea groups is 1. The maximum absolute atomic E-state index is 13.5. The molecule has 3 amide bonds. The maximum Gasteiger partial charge on any atom is 0.322 e. The van der Waals surface area contributed by atoms with Crippen molar-refractivity contribution in [2.75, 3.05) is 32.6 Å². The Balaban J connectivity index is 1.49. The number of carbonyl (C=O) groups is 2. The van der Waals surface area contributed by atoms with Gasteiger partial charge in [0, 0.05) is 41.9 Å². The van der Waals surface area contributed by atoms with Crippen LogP contribution in [0.3, 0.4) is 0 Å². The molecule has 2 aromatic carbocycles. The molecule has 0 aliphatic heterocycles. The lowest BCUT2D eigenvalue weighted by atomic mass is 10.2. The zero-order valence-corrected chi connectivity index (χ0v) is 20.9. The van der Waals surface area contributed by atoms with Gasteiger partial charge in [0.25, 0.3) is 0 Å². The number of anilines is 1. The van der Waals surface area contributed by atoms with Gasteiger partial charge in [-0.3, -0.25) is 4.79 Å². The number of thiophene rings is 1. The molecular formula is C27H31N3O4S. The number of ether oxygens (including phenoxy) is 2. The molecule has 1 saturated carbocycles. The summed E-state index contributed by atoms with van der Waals surface area (Å²) < 4.78 is 10.6. The van der Waals surface area contributed by atoms with Crippen molar-refractivity contribution >= 4 is 29.0 Å². The standard InChI is InChI=1S/C27H31N3O4S/c1-33-23-13-22(14-24(15-23)34-2)28-27(32)30(17-21-10-11-21)19-26(31)29(18-25-9-6-12-35-25)16-20-7-4-3-5-8-20/h3-9,12-15,21H,10-11,16-19H2,1-2H3,(H,28,32). The van der Waals surface area contributed by atoms with Crippen LogP contribution in [0.1, 0.15) is 23.3 Å². The second-order valence-electron chi connectivity index (χ2n) is 8.67. The highest BCUT2D eigenvalue weighted by Crippen LogP contribution is 2.31. The van der Waals surface area contributed by atoms with Crippen LogP contribution in [0.15, 0.2) is 66.0 Å². The topological polar surface area (TPSA) is 71.1 Å². The van der Waals surface area contributed by atoms with Gasteiger partial charge in [-0.2, -0.15) is 0 Å². The molecule has 1 fully saturated rings. The number of benzene rings is 2. The third kappa shape index (κ3) is 7.23. The van der Waals surface area contributed by atoms with Crippen LogP contribution in [-0.2, 0) is 17.9 Å². The summed E-state index contributed by atoms with van der Waals surface area (Å²) in [6.45, 7) is 1.57. The van der Waals surface area contributed by atoms with Gasteiger partial charge in [-0.25, -0.2) is 4.79 Å². The van der Waals surface area contributed by atoms with Crippen molar-refractivity contribution in [3.05, 3.63) is 76.5 Å². The van der Waals surface area contributed by atoms with E-state index in [1.165, 1.54) is 0 Å². The predicted octanol–water partition coefficient (Wildman–Crippen LogP) is 5.24. The molecule has 1 aliphatic carbocycles. The minimum Gasteiger partial charge on any atom is -0.497 e. The smallest absolute Gasteiger partial charge is 0.322 e. The minimum atomic E-state index is -0.309. The molecule has 0 atom stereocenters. The number of hydrogen-bond acceptors (Lipinski definition) is 5. The van der Waals surface area contributed by atoms with Crippen LogP contribution in [0.5, 0.6) is 11.5 Å². The SMILES string of the molecule is COc1cc(NC(=O)N(CC(=O)N(Cc2ccccc2)Cc2cccs2)CC2CC2)cc(OC)c1. The van der Waals surface area contributed by atoms with Crippen LogP contribution >= 0.6 is 11.3 Å². The number of amides is 3. The van der Waals surface area contributed by atoms with Crippen molar-refractivity contribution < 1.29 is 19.1 Å². The van der Waals surface area contributed by atoms with Gasteiger partial charge in [0.2, 0.25) is 5.91 Å². The summed E-state index contributed by atoms with van der Waals surface area (Å²) in [5.74, 6) is 1.51. The highest BCUT2D eigenvalue weighted by molar-refractivity contribution is 7.09. The quantitative estimate of drug-likeness (QED) is 0.397. The predicted molar refractivity (Wildman–Crippen MR) is 138 cm³/mol. The third-order valence-electron chi connectivity index (χ3n) is 5.89. The van der Waals surface area contributed by atoms with E-state index in [1.807, 2.05) is 52.7 Å². The van der Waals surface area contributed by atoms with Crippen molar-refractivity contribution in [2.45, 2.75) is 25.9 Å². The zero-order chi connectivity index (χ0) is 24.6. The third-order valence-corrected chi connectivity index (χ3v) is 6.75. The molecule has 1 heterocycles. The molecule has 1 aromatic heterocycles. The molecule has 8 heteroatoms. The van der Waals surface area contributed by atoms with Gasteiger partial charge in [0.05, 0.1) is 20.8 Å². The maximum atomic E-state index is 13.5. The van der Waals surface area contributed by atoms with Crippen LogP contribution < -0.4 is 14.8 Å². The Morgan fingerprint density at radius 1 is 0.943 bits per heavy atom. The van der Waals surface area contributed by atoms with E-state index in [0.717, 1.165) is 23.3 Å². The van der Waals surface area contributed by atoms with Crippen molar-refractivity contribution in [1.29, 1.82) is 0 Å². The number of hydrogen-bond donors (Lipinski definition) is 1. The van der Waals surface area contributed by atoms with E-state index in [2.05, 4.69) is 5.32 Å². The lowest BCUT2D eigenvalue weighted by molar-refractivity contribution is -0.133. The summed E-state index contributed by atoms with van der Waals surface area (Å²) in [5, 5.41) is 4.93. The van der Waals surface area contributed by atoms with E-state index in [0.29, 0.717) is 42.7 Å². The molecule has 184 valence electrons. The zero-order valence-electron chi connectivity index (χ0n) is 20.1. The number of carbonyl (C=O) groups excluding carboxylic acids is 2. The van der Waals surface area contributed by atoms with E-state index in [-0.39, 0.29) is 18.5 Å². The van der Waals surface area contributed by atoms with Crippen LogP contribution in [0, 0.1) is 5.92 Å². The number of methoxy groups -OCH3 is 2. The first-order valence-corrected chi connectivity index (χ1v) is 12.5. The van der Waals surface area contributed by atoms with Gasteiger partial charge in [-0.05, 0) is 35.8 Å². The fraction of sp³-hybridized carbons (Fsp3) is 0.333. The van der Waals surface area contributed by atoms with E-state index >= 15 is 0 Å². The second kappa shape index (κ2) is 11.8. The van der Waals surface area contributed by atoms with Crippen molar-refractivity contribution in [2.24, 2.45) is 5.92 Å². The Kier molecular flexibility index (Phi) is 8.26. The molecule has 4 rings (SSSR count). The fourth-order valence-corrected chi connectivity index (χ4v) is 4.52. The molecule has 7 nitrogen and oxygen atoms in total. The van der Waals surface area contributed by atoms with Gasteiger partial charge in [0.15, 0.2) is 0 Å². The molecule has 3 aromatic rings. The van der Waals surface area contributed by atoms with Gasteiger partial charge in [0.1, 0.15) is 18.0 Å². The van der Waals surface area contributed by atoms with Crippen LogP contribution in [0.25, 0.3) is 0 Å². The molecule has 35 heavy (non-hydrogen) atoms. The van der Waals surface area contributed by atoms with Crippen LogP contribution in [-0.4, -0.2) is 49.0 Å². The first kappa shape index (κ1) is 24.6. The fourth-order valence-electron chi connectivity index (χ4n) is 3.80. The lowest BCUT2D eigenvalue weighted by Gasteiger charge is -2.28. The summed E-state index contributed by atoms with van der Waals surface area (Å²) >= 11 is 1.62. The summed E-state index contributed by atoms with van der Waals surface area (Å²) in [7, 11) is 3.13. The Morgan fingerprint density at radius 3 is 2.26 bits per heavy atom. The molecule has 1 N–H and O–H groups in total. The summed E-state index contributed by atoms with van der Waals surface area (Å²) in [6, 6.07) is 18.8. The molecule has 1 aliphatic rings. The van der Waals surface area contributed by atoms with E-state index in [1.54, 1.807) is 48.7 Å². The Morgan fingerprint density at radius 2 is 1.66 bits per heavy atom. The van der Waals surface area contributed by atoms with Gasteiger partial charge >= 0.3 is 6.03 Å². The summed E-state index contributed by atoms with van der Waals surface area (Å²) in [5.41, 5.74) is 1.61. The normalized spacial score (nSPS) is 12.6. The van der Waals surface area contributed by atoms with Crippen molar-refractivity contribution in [1.82, 2.24) is 9.80 Å². The molecule has 0 unspecified atom stereocenters. The first-order valence-electron chi connectivity index (χ1n) is 11.7. The number of nitrogens with one attached hydrogen (secondary N) is 1. The number of nitrogens with zero attached hydrogens (tertiary/aromatic N) is 2. The molecule has 0 saturated heterocycles. The Labute approximate surface area is 210 Å². The molecule has 0 radical (unpaired) electrons. The highest BCUT2D eigenvalue weighted by Gasteiger charge is 2.29.